The van der Waals surface area contributed by atoms with Crippen molar-refractivity contribution in [1.29, 1.82) is 0 Å². The number of ether oxygens (including phenoxy) is 3. The lowest BCUT2D eigenvalue weighted by Gasteiger charge is -2.20. The summed E-state index contributed by atoms with van der Waals surface area (Å²) < 4.78 is 16.2. The third kappa shape index (κ3) is 16.1. The number of carbonyl (C=O) groups excluding carboxylic acids is 3. The van der Waals surface area contributed by atoms with Crippen LogP contribution in [0.2, 0.25) is 0 Å². The molecule has 0 aliphatic heterocycles. The van der Waals surface area contributed by atoms with E-state index in [2.05, 4.69) is 13.8 Å². The Morgan fingerprint density at radius 3 is 1.59 bits per heavy atom. The molecule has 0 bridgehead atoms. The van der Waals surface area contributed by atoms with Gasteiger partial charge in [-0.3, -0.25) is 14.4 Å². The van der Waals surface area contributed by atoms with Crippen LogP contribution in [0, 0.1) is 11.8 Å². The molecule has 0 rings (SSSR count). The zero-order valence-corrected chi connectivity index (χ0v) is 20.9. The summed E-state index contributed by atoms with van der Waals surface area (Å²) in [5, 5.41) is 0. The topological polar surface area (TPSA) is 105 Å². The number of unbranched alkanes of at least 4 members (excludes halogenated alkanes) is 6. The number of carbonyl (C=O) groups is 3. The number of hydrogen-bond acceptors (Lipinski definition) is 7. The summed E-state index contributed by atoms with van der Waals surface area (Å²) in [5.41, 5.74) is 5.44. The van der Waals surface area contributed by atoms with E-state index in [-0.39, 0.29) is 43.4 Å². The summed E-state index contributed by atoms with van der Waals surface area (Å²) >= 11 is 0. The summed E-state index contributed by atoms with van der Waals surface area (Å²) in [7, 11) is 0. The number of nitrogens with two attached hydrogens (primary N) is 1. The normalized spacial score (nSPS) is 13.8. The lowest BCUT2D eigenvalue weighted by atomic mass is 10.0. The van der Waals surface area contributed by atoms with E-state index < -0.39 is 12.1 Å². The van der Waals surface area contributed by atoms with Crippen molar-refractivity contribution in [1.82, 2.24) is 0 Å². The first-order chi connectivity index (χ1) is 15.3. The van der Waals surface area contributed by atoms with Crippen molar-refractivity contribution in [2.45, 2.75) is 111 Å². The van der Waals surface area contributed by atoms with Gasteiger partial charge in [0.05, 0.1) is 11.8 Å². The van der Waals surface area contributed by atoms with Crippen LogP contribution < -0.4 is 5.73 Å². The Kier molecular flexibility index (Phi) is 19.0. The number of esters is 3. The Morgan fingerprint density at radius 2 is 1.19 bits per heavy atom. The molecular weight excluding hydrogens is 410 g/mol. The maximum absolute atomic E-state index is 12.3. The van der Waals surface area contributed by atoms with Crippen LogP contribution in [0.5, 0.6) is 0 Å². The second kappa shape index (κ2) is 20.0. The van der Waals surface area contributed by atoms with Crippen molar-refractivity contribution in [3.05, 3.63) is 0 Å². The smallest absolute Gasteiger partial charge is 0.308 e. The molecule has 0 radical (unpaired) electrons. The monoisotopic (exact) mass is 457 g/mol. The van der Waals surface area contributed by atoms with E-state index in [0.717, 1.165) is 64.2 Å². The molecule has 0 aliphatic rings. The lowest BCUT2D eigenvalue weighted by molar-refractivity contribution is -0.169. The van der Waals surface area contributed by atoms with Crippen LogP contribution >= 0.6 is 0 Å². The van der Waals surface area contributed by atoms with Gasteiger partial charge in [0.1, 0.15) is 13.2 Å². The molecule has 0 fully saturated rings. The standard InChI is InChI=1S/C25H47NO6/c1-5-7-9-11-14-20(3)24(28)30-18-22(32-23(27)16-13-17-26)19-31-25(29)21(4)15-12-10-8-6-2/h20-22H,5-19,26H2,1-4H3. The minimum Gasteiger partial charge on any atom is -0.461 e. The highest BCUT2D eigenvalue weighted by atomic mass is 16.6. The molecule has 0 aromatic heterocycles. The molecule has 0 heterocycles. The third-order valence-corrected chi connectivity index (χ3v) is 5.49. The molecule has 0 aromatic rings. The largest absolute Gasteiger partial charge is 0.461 e. The maximum Gasteiger partial charge on any atom is 0.308 e. The predicted molar refractivity (Wildman–Crippen MR) is 126 cm³/mol. The highest BCUT2D eigenvalue weighted by molar-refractivity contribution is 5.73. The fourth-order valence-electron chi connectivity index (χ4n) is 3.23. The number of rotatable bonds is 20. The first-order valence-corrected chi connectivity index (χ1v) is 12.6. The van der Waals surface area contributed by atoms with Gasteiger partial charge in [-0.2, -0.15) is 0 Å². The highest BCUT2D eigenvalue weighted by Crippen LogP contribution is 2.14. The second-order valence-electron chi connectivity index (χ2n) is 8.76. The zero-order chi connectivity index (χ0) is 24.2. The van der Waals surface area contributed by atoms with Gasteiger partial charge in [-0.25, -0.2) is 0 Å². The molecule has 0 aliphatic carbocycles. The van der Waals surface area contributed by atoms with Crippen LogP contribution in [-0.2, 0) is 28.6 Å². The molecule has 7 heteroatoms. The van der Waals surface area contributed by atoms with Gasteiger partial charge in [0.2, 0.25) is 0 Å². The van der Waals surface area contributed by atoms with Crippen molar-refractivity contribution < 1.29 is 28.6 Å². The highest BCUT2D eigenvalue weighted by Gasteiger charge is 2.23. The minimum atomic E-state index is -0.812. The zero-order valence-electron chi connectivity index (χ0n) is 20.9. The quantitative estimate of drug-likeness (QED) is 0.157. The van der Waals surface area contributed by atoms with Crippen LogP contribution in [0.1, 0.15) is 105 Å². The van der Waals surface area contributed by atoms with Gasteiger partial charge >= 0.3 is 17.9 Å². The average Bonchev–Trinajstić information content (AvgIpc) is 2.79. The van der Waals surface area contributed by atoms with Crippen molar-refractivity contribution in [3.63, 3.8) is 0 Å². The van der Waals surface area contributed by atoms with Crippen molar-refractivity contribution in [2.75, 3.05) is 19.8 Å². The molecule has 7 nitrogen and oxygen atoms in total. The molecule has 2 unspecified atom stereocenters. The fraction of sp³-hybridized carbons (Fsp3) is 0.880. The van der Waals surface area contributed by atoms with Crippen molar-refractivity contribution in [3.8, 4) is 0 Å². The SMILES string of the molecule is CCCCCCC(C)C(=O)OCC(COC(=O)C(C)CCCCCC)OC(=O)CCCN. The first kappa shape index (κ1) is 30.4. The van der Waals surface area contributed by atoms with Crippen LogP contribution in [-0.4, -0.2) is 43.8 Å². The van der Waals surface area contributed by atoms with Gasteiger partial charge in [-0.05, 0) is 25.8 Å². The van der Waals surface area contributed by atoms with E-state index in [1.54, 1.807) is 0 Å². The molecule has 0 saturated heterocycles. The van der Waals surface area contributed by atoms with Crippen LogP contribution in [0.25, 0.3) is 0 Å². The predicted octanol–water partition coefficient (Wildman–Crippen LogP) is 4.94. The van der Waals surface area contributed by atoms with Gasteiger partial charge in [0.25, 0.3) is 0 Å². The summed E-state index contributed by atoms with van der Waals surface area (Å²) in [4.78, 5) is 36.6. The summed E-state index contributed by atoms with van der Waals surface area (Å²) in [6.45, 7) is 8.12. The first-order valence-electron chi connectivity index (χ1n) is 12.6. The molecule has 0 saturated carbocycles. The van der Waals surface area contributed by atoms with E-state index in [4.69, 9.17) is 19.9 Å². The van der Waals surface area contributed by atoms with Gasteiger partial charge < -0.3 is 19.9 Å². The Hall–Kier alpha value is -1.63. The Bertz CT molecular complexity index is 477. The molecule has 32 heavy (non-hydrogen) atoms. The Labute approximate surface area is 195 Å². The molecule has 0 spiro atoms. The van der Waals surface area contributed by atoms with E-state index in [1.165, 1.54) is 0 Å². The summed E-state index contributed by atoms with van der Waals surface area (Å²) in [6, 6.07) is 0. The van der Waals surface area contributed by atoms with Gasteiger partial charge in [-0.1, -0.05) is 79.1 Å². The fourth-order valence-corrected chi connectivity index (χ4v) is 3.23. The lowest BCUT2D eigenvalue weighted by Crippen LogP contribution is -2.32. The Balaban J connectivity index is 4.58. The minimum absolute atomic E-state index is 0.120. The Morgan fingerprint density at radius 1 is 0.719 bits per heavy atom. The van der Waals surface area contributed by atoms with Crippen molar-refractivity contribution >= 4 is 17.9 Å². The van der Waals surface area contributed by atoms with Crippen LogP contribution in [0.4, 0.5) is 0 Å². The maximum atomic E-state index is 12.3. The van der Waals surface area contributed by atoms with Gasteiger partial charge in [0.15, 0.2) is 6.10 Å². The van der Waals surface area contributed by atoms with E-state index in [0.29, 0.717) is 13.0 Å². The van der Waals surface area contributed by atoms with Gasteiger partial charge in [-0.15, -0.1) is 0 Å². The molecule has 0 amide bonds. The molecular formula is C25H47NO6. The van der Waals surface area contributed by atoms with E-state index in [1.807, 2.05) is 13.8 Å². The molecule has 2 atom stereocenters. The van der Waals surface area contributed by atoms with Gasteiger partial charge in [0, 0.05) is 6.42 Å². The van der Waals surface area contributed by atoms with E-state index >= 15 is 0 Å². The van der Waals surface area contributed by atoms with Crippen LogP contribution in [0.3, 0.4) is 0 Å². The molecule has 2 N–H and O–H groups in total. The van der Waals surface area contributed by atoms with E-state index in [9.17, 15) is 14.4 Å². The molecule has 188 valence electrons. The second-order valence-corrected chi connectivity index (χ2v) is 8.76. The summed E-state index contributed by atoms with van der Waals surface area (Å²) in [6.07, 6.45) is 10.2. The van der Waals surface area contributed by atoms with Crippen LogP contribution in [0.15, 0.2) is 0 Å². The number of hydrogen-bond donors (Lipinski definition) is 1. The third-order valence-electron chi connectivity index (χ3n) is 5.49. The molecule has 0 aromatic carbocycles. The van der Waals surface area contributed by atoms with Crippen molar-refractivity contribution in [2.24, 2.45) is 17.6 Å². The average molecular weight is 458 g/mol. The summed E-state index contributed by atoms with van der Waals surface area (Å²) in [5.74, 6) is -1.51.